The Balaban J connectivity index is 2.72. The van der Waals surface area contributed by atoms with Gasteiger partial charge >= 0.3 is 5.97 Å². The summed E-state index contributed by atoms with van der Waals surface area (Å²) < 4.78 is 0. The lowest BCUT2D eigenvalue weighted by Gasteiger charge is -2.08. The molecule has 17 heavy (non-hydrogen) atoms. The van der Waals surface area contributed by atoms with Gasteiger partial charge in [0.15, 0.2) is 0 Å². The monoisotopic (exact) mass is 231 g/mol. The molecule has 1 heterocycles. The molecule has 0 atom stereocenters. The van der Waals surface area contributed by atoms with Crippen molar-refractivity contribution < 1.29 is 15.0 Å². The second-order valence-electron chi connectivity index (χ2n) is 3.30. The number of anilines is 1. The molecule has 6 heteroatoms. The molecular weight excluding hydrogens is 222 g/mol. The van der Waals surface area contributed by atoms with Crippen LogP contribution in [0.4, 0.5) is 5.82 Å². The number of aromatic nitrogens is 2. The molecule has 1 aromatic heterocycles. The minimum absolute atomic E-state index is 0.0619. The molecule has 0 aliphatic carbocycles. The molecule has 86 valence electrons. The van der Waals surface area contributed by atoms with Crippen molar-refractivity contribution in [2.45, 2.75) is 0 Å². The van der Waals surface area contributed by atoms with Gasteiger partial charge in [-0.2, -0.15) is 0 Å². The number of hydrogen-bond donors (Lipinski definition) is 3. The summed E-state index contributed by atoms with van der Waals surface area (Å²) in [5.41, 5.74) is 5.69. The number of nitrogen functional groups attached to an aromatic ring is 1. The highest BCUT2D eigenvalue weighted by Gasteiger charge is 2.19. The molecule has 0 amide bonds. The molecule has 0 fully saturated rings. The van der Waals surface area contributed by atoms with Gasteiger partial charge in [-0.1, -0.05) is 12.1 Å². The highest BCUT2D eigenvalue weighted by molar-refractivity contribution is 5.99. The van der Waals surface area contributed by atoms with Crippen LogP contribution in [0.25, 0.3) is 11.3 Å². The minimum Gasteiger partial charge on any atom is -0.507 e. The summed E-state index contributed by atoms with van der Waals surface area (Å²) in [6.45, 7) is 0. The van der Waals surface area contributed by atoms with Crippen LogP contribution in [0, 0.1) is 0 Å². The first-order valence-electron chi connectivity index (χ1n) is 4.73. The number of phenolic OH excluding ortho intramolecular Hbond substituents is 1. The minimum atomic E-state index is -1.23. The highest BCUT2D eigenvalue weighted by atomic mass is 16.4. The van der Waals surface area contributed by atoms with E-state index < -0.39 is 5.97 Å². The Bertz CT molecular complexity index is 584. The van der Waals surface area contributed by atoms with Crippen molar-refractivity contribution in [1.29, 1.82) is 0 Å². The summed E-state index contributed by atoms with van der Waals surface area (Å²) in [7, 11) is 0. The molecular formula is C11H9N3O3. The molecule has 0 saturated heterocycles. The Hall–Kier alpha value is -2.63. The third kappa shape index (κ3) is 1.87. The van der Waals surface area contributed by atoms with E-state index in [4.69, 9.17) is 10.8 Å². The van der Waals surface area contributed by atoms with Crippen molar-refractivity contribution in [2.75, 3.05) is 5.73 Å². The highest BCUT2D eigenvalue weighted by Crippen LogP contribution is 2.30. The lowest BCUT2D eigenvalue weighted by molar-refractivity contribution is 0.0698. The zero-order valence-electron chi connectivity index (χ0n) is 8.66. The number of hydrogen-bond acceptors (Lipinski definition) is 5. The maximum atomic E-state index is 11.1. The summed E-state index contributed by atoms with van der Waals surface area (Å²) in [6.07, 6.45) is 1.16. The SMILES string of the molecule is Nc1ncnc(-c2ccccc2O)c1C(=O)O. The fourth-order valence-corrected chi connectivity index (χ4v) is 1.49. The second-order valence-corrected chi connectivity index (χ2v) is 3.30. The summed E-state index contributed by atoms with van der Waals surface area (Å²) in [6, 6.07) is 6.30. The van der Waals surface area contributed by atoms with Crippen LogP contribution in [0.5, 0.6) is 5.75 Å². The number of para-hydroxylation sites is 1. The van der Waals surface area contributed by atoms with E-state index in [0.29, 0.717) is 5.56 Å². The summed E-state index contributed by atoms with van der Waals surface area (Å²) >= 11 is 0. The van der Waals surface area contributed by atoms with Gasteiger partial charge in [0, 0.05) is 5.56 Å². The van der Waals surface area contributed by atoms with Gasteiger partial charge in [0.1, 0.15) is 23.5 Å². The van der Waals surface area contributed by atoms with Crippen molar-refractivity contribution in [2.24, 2.45) is 0 Å². The van der Waals surface area contributed by atoms with Crippen LogP contribution in [0.15, 0.2) is 30.6 Å². The van der Waals surface area contributed by atoms with E-state index >= 15 is 0 Å². The maximum Gasteiger partial charge on any atom is 0.341 e. The molecule has 2 rings (SSSR count). The van der Waals surface area contributed by atoms with Crippen LogP contribution in [0.3, 0.4) is 0 Å². The first-order chi connectivity index (χ1) is 8.11. The normalized spacial score (nSPS) is 10.1. The van der Waals surface area contributed by atoms with Crippen LogP contribution >= 0.6 is 0 Å². The Morgan fingerprint density at radius 2 is 1.94 bits per heavy atom. The maximum absolute atomic E-state index is 11.1. The van der Waals surface area contributed by atoms with Gasteiger partial charge < -0.3 is 15.9 Å². The third-order valence-corrected chi connectivity index (χ3v) is 2.25. The van der Waals surface area contributed by atoms with Gasteiger partial charge in [-0.3, -0.25) is 0 Å². The summed E-state index contributed by atoms with van der Waals surface area (Å²) in [5.74, 6) is -1.43. The Morgan fingerprint density at radius 1 is 1.24 bits per heavy atom. The Kier molecular flexibility index (Phi) is 2.61. The number of carboxylic acid groups (broad SMARTS) is 1. The molecule has 1 aromatic carbocycles. The molecule has 6 nitrogen and oxygen atoms in total. The molecule has 0 aliphatic rings. The Morgan fingerprint density at radius 3 is 2.59 bits per heavy atom. The lowest BCUT2D eigenvalue weighted by Crippen LogP contribution is -2.08. The molecule has 0 spiro atoms. The molecule has 0 aliphatic heterocycles. The molecule has 0 saturated carbocycles. The third-order valence-electron chi connectivity index (χ3n) is 2.25. The van der Waals surface area contributed by atoms with Crippen LogP contribution < -0.4 is 5.73 Å². The van der Waals surface area contributed by atoms with Crippen LogP contribution in [-0.2, 0) is 0 Å². The molecule has 4 N–H and O–H groups in total. The number of aromatic carboxylic acids is 1. The van der Waals surface area contributed by atoms with E-state index in [9.17, 15) is 9.90 Å². The first-order valence-corrected chi connectivity index (χ1v) is 4.73. The number of aromatic hydroxyl groups is 1. The fraction of sp³-hybridized carbons (Fsp3) is 0. The van der Waals surface area contributed by atoms with Crippen molar-refractivity contribution in [3.8, 4) is 17.0 Å². The number of carbonyl (C=O) groups is 1. The number of phenols is 1. The van der Waals surface area contributed by atoms with E-state index in [1.807, 2.05) is 0 Å². The van der Waals surface area contributed by atoms with Crippen molar-refractivity contribution in [1.82, 2.24) is 9.97 Å². The number of nitrogens with zero attached hydrogens (tertiary/aromatic N) is 2. The number of carboxylic acids is 1. The van der Waals surface area contributed by atoms with Crippen molar-refractivity contribution in [3.05, 3.63) is 36.2 Å². The number of benzene rings is 1. The van der Waals surface area contributed by atoms with E-state index in [-0.39, 0.29) is 22.8 Å². The predicted molar refractivity (Wildman–Crippen MR) is 60.5 cm³/mol. The average Bonchev–Trinajstić information content (AvgIpc) is 2.28. The van der Waals surface area contributed by atoms with Gasteiger partial charge in [0.25, 0.3) is 0 Å². The van der Waals surface area contributed by atoms with Gasteiger partial charge in [-0.05, 0) is 12.1 Å². The largest absolute Gasteiger partial charge is 0.507 e. The van der Waals surface area contributed by atoms with Gasteiger partial charge in [-0.15, -0.1) is 0 Å². The average molecular weight is 231 g/mol. The first kappa shape index (κ1) is 10.9. The quantitative estimate of drug-likeness (QED) is 0.714. The second kappa shape index (κ2) is 4.09. The molecule has 0 bridgehead atoms. The zero-order chi connectivity index (χ0) is 12.4. The van der Waals surface area contributed by atoms with Crippen LogP contribution in [0.1, 0.15) is 10.4 Å². The smallest absolute Gasteiger partial charge is 0.341 e. The number of nitrogens with two attached hydrogens (primary N) is 1. The lowest BCUT2D eigenvalue weighted by atomic mass is 10.1. The van der Waals surface area contributed by atoms with Crippen LogP contribution in [-0.4, -0.2) is 26.2 Å². The van der Waals surface area contributed by atoms with Crippen molar-refractivity contribution in [3.63, 3.8) is 0 Å². The van der Waals surface area contributed by atoms with Gasteiger partial charge in [-0.25, -0.2) is 14.8 Å². The van der Waals surface area contributed by atoms with Gasteiger partial charge in [0.05, 0.1) is 5.69 Å². The molecule has 0 unspecified atom stereocenters. The van der Waals surface area contributed by atoms with E-state index in [1.165, 1.54) is 6.07 Å². The van der Waals surface area contributed by atoms with Crippen molar-refractivity contribution >= 4 is 11.8 Å². The topological polar surface area (TPSA) is 109 Å². The standard InChI is InChI=1S/C11H9N3O3/c12-10-8(11(16)17)9(13-5-14-10)6-3-1-2-4-7(6)15/h1-5,15H,(H,16,17)(H2,12,13,14). The predicted octanol–water partition coefficient (Wildman–Crippen LogP) is 1.13. The number of rotatable bonds is 2. The van der Waals surface area contributed by atoms with E-state index in [2.05, 4.69) is 9.97 Å². The fourth-order valence-electron chi connectivity index (χ4n) is 1.49. The van der Waals surface area contributed by atoms with E-state index in [0.717, 1.165) is 6.33 Å². The van der Waals surface area contributed by atoms with E-state index in [1.54, 1.807) is 18.2 Å². The Labute approximate surface area is 96.4 Å². The summed E-state index contributed by atoms with van der Waals surface area (Å²) in [4.78, 5) is 18.6. The molecule has 0 radical (unpaired) electrons. The molecule has 2 aromatic rings. The van der Waals surface area contributed by atoms with Crippen LogP contribution in [0.2, 0.25) is 0 Å². The zero-order valence-corrected chi connectivity index (χ0v) is 8.66. The summed E-state index contributed by atoms with van der Waals surface area (Å²) in [5, 5.41) is 18.7. The van der Waals surface area contributed by atoms with Gasteiger partial charge in [0.2, 0.25) is 0 Å².